The second-order valence-corrected chi connectivity index (χ2v) is 5.91. The van der Waals surface area contributed by atoms with Crippen molar-refractivity contribution in [1.29, 1.82) is 0 Å². The lowest BCUT2D eigenvalue weighted by Crippen LogP contribution is -2.44. The molecule has 0 radical (unpaired) electrons. The zero-order chi connectivity index (χ0) is 15.4. The maximum atomic E-state index is 12.1. The fraction of sp³-hybridized carbons (Fsp3) is 0.429. The summed E-state index contributed by atoms with van der Waals surface area (Å²) in [6.07, 6.45) is 1.65. The van der Waals surface area contributed by atoms with Crippen LogP contribution in [-0.4, -0.2) is 36.3 Å². The maximum Gasteiger partial charge on any atom is 0.238 e. The largest absolute Gasteiger partial charge is 0.369 e. The normalized spacial score (nSPS) is 19.2. The highest BCUT2D eigenvalue weighted by atomic mass is 35.5. The van der Waals surface area contributed by atoms with Crippen LogP contribution in [0.5, 0.6) is 0 Å². The summed E-state index contributed by atoms with van der Waals surface area (Å²) in [5, 5.41) is 3.44. The van der Waals surface area contributed by atoms with Crippen molar-refractivity contribution < 1.29 is 9.59 Å². The molecule has 1 aliphatic rings. The maximum absolute atomic E-state index is 12.1. The van der Waals surface area contributed by atoms with Gasteiger partial charge in [0, 0.05) is 6.54 Å². The fourth-order valence-electron chi connectivity index (χ4n) is 2.42. The van der Waals surface area contributed by atoms with E-state index in [1.54, 1.807) is 18.2 Å². The second-order valence-electron chi connectivity index (χ2n) is 5.13. The van der Waals surface area contributed by atoms with Crippen LogP contribution in [0.3, 0.4) is 0 Å². The van der Waals surface area contributed by atoms with Crippen LogP contribution in [-0.2, 0) is 9.59 Å². The van der Waals surface area contributed by atoms with Gasteiger partial charge in [-0.15, -0.1) is 0 Å². The van der Waals surface area contributed by atoms with E-state index in [1.165, 1.54) is 0 Å². The molecule has 2 rings (SSSR count). The van der Waals surface area contributed by atoms with E-state index in [4.69, 9.17) is 28.9 Å². The van der Waals surface area contributed by atoms with Gasteiger partial charge in [0.05, 0.1) is 28.2 Å². The molecule has 1 aliphatic heterocycles. The Hall–Kier alpha value is -1.30. The summed E-state index contributed by atoms with van der Waals surface area (Å²) in [4.78, 5) is 25.2. The van der Waals surface area contributed by atoms with Gasteiger partial charge in [0.2, 0.25) is 11.8 Å². The minimum Gasteiger partial charge on any atom is -0.369 e. The van der Waals surface area contributed by atoms with Crippen LogP contribution in [0, 0.1) is 5.92 Å². The number of nitrogens with one attached hydrogen (secondary N) is 1. The Kier molecular flexibility index (Phi) is 5.45. The SMILES string of the molecule is NC(=O)[C@@H]1CCCN(CC(=O)Nc2cccc(Cl)c2Cl)C1. The molecule has 7 heteroatoms. The van der Waals surface area contributed by atoms with Crippen LogP contribution in [0.25, 0.3) is 0 Å². The summed E-state index contributed by atoms with van der Waals surface area (Å²) in [6, 6.07) is 5.06. The van der Waals surface area contributed by atoms with Gasteiger partial charge in [-0.2, -0.15) is 0 Å². The Labute approximate surface area is 133 Å². The molecule has 1 saturated heterocycles. The lowest BCUT2D eigenvalue weighted by atomic mass is 9.97. The Balaban J connectivity index is 1.92. The van der Waals surface area contributed by atoms with Crippen molar-refractivity contribution in [2.24, 2.45) is 11.7 Å². The summed E-state index contributed by atoms with van der Waals surface area (Å²) < 4.78 is 0. The third-order valence-electron chi connectivity index (χ3n) is 3.50. The van der Waals surface area contributed by atoms with E-state index < -0.39 is 0 Å². The molecular formula is C14H17Cl2N3O2. The Morgan fingerprint density at radius 3 is 2.86 bits per heavy atom. The van der Waals surface area contributed by atoms with Crippen molar-refractivity contribution in [2.45, 2.75) is 12.8 Å². The van der Waals surface area contributed by atoms with Gasteiger partial charge in [0.25, 0.3) is 0 Å². The number of benzene rings is 1. The van der Waals surface area contributed by atoms with Gasteiger partial charge in [-0.05, 0) is 31.5 Å². The highest BCUT2D eigenvalue weighted by molar-refractivity contribution is 6.43. The van der Waals surface area contributed by atoms with E-state index in [1.807, 2.05) is 4.90 Å². The molecule has 1 heterocycles. The monoisotopic (exact) mass is 329 g/mol. The minimum atomic E-state index is -0.307. The minimum absolute atomic E-state index is 0.179. The number of halogens is 2. The molecule has 0 spiro atoms. The second kappa shape index (κ2) is 7.11. The van der Waals surface area contributed by atoms with E-state index in [9.17, 15) is 9.59 Å². The van der Waals surface area contributed by atoms with E-state index in [2.05, 4.69) is 5.32 Å². The summed E-state index contributed by atoms with van der Waals surface area (Å²) >= 11 is 11.9. The number of hydrogen-bond donors (Lipinski definition) is 2. The number of nitrogens with two attached hydrogens (primary N) is 1. The Morgan fingerprint density at radius 1 is 1.38 bits per heavy atom. The molecule has 0 bridgehead atoms. The topological polar surface area (TPSA) is 75.4 Å². The standard InChI is InChI=1S/C14H17Cl2N3O2/c15-10-4-1-5-11(13(10)16)18-12(20)8-19-6-2-3-9(7-19)14(17)21/h1,4-5,9H,2-3,6-8H2,(H2,17,21)(H,18,20)/t9-/m1/s1. The van der Waals surface area contributed by atoms with Crippen LogP contribution < -0.4 is 11.1 Å². The number of likely N-dealkylation sites (tertiary alicyclic amines) is 1. The summed E-state index contributed by atoms with van der Waals surface area (Å²) in [5.74, 6) is -0.677. The predicted octanol–water partition coefficient (Wildman–Crippen LogP) is 2.13. The number of hydrogen-bond acceptors (Lipinski definition) is 3. The van der Waals surface area contributed by atoms with Gasteiger partial charge < -0.3 is 11.1 Å². The molecule has 5 nitrogen and oxygen atoms in total. The Bertz CT molecular complexity index is 551. The highest BCUT2D eigenvalue weighted by Gasteiger charge is 2.25. The molecule has 21 heavy (non-hydrogen) atoms. The first kappa shape index (κ1) is 16.1. The van der Waals surface area contributed by atoms with Crippen molar-refractivity contribution in [2.75, 3.05) is 25.0 Å². The lowest BCUT2D eigenvalue weighted by Gasteiger charge is -2.30. The molecule has 0 saturated carbocycles. The average molecular weight is 330 g/mol. The van der Waals surface area contributed by atoms with Crippen molar-refractivity contribution in [1.82, 2.24) is 4.90 Å². The first-order valence-electron chi connectivity index (χ1n) is 6.73. The van der Waals surface area contributed by atoms with E-state index in [0.29, 0.717) is 22.3 Å². The number of carbonyl (C=O) groups excluding carboxylic acids is 2. The quantitative estimate of drug-likeness (QED) is 0.888. The predicted molar refractivity (Wildman–Crippen MR) is 83.5 cm³/mol. The molecule has 114 valence electrons. The smallest absolute Gasteiger partial charge is 0.238 e. The molecule has 1 fully saturated rings. The van der Waals surface area contributed by atoms with Gasteiger partial charge in [-0.3, -0.25) is 14.5 Å². The van der Waals surface area contributed by atoms with Crippen LogP contribution >= 0.6 is 23.2 Å². The first-order valence-corrected chi connectivity index (χ1v) is 7.48. The molecule has 0 unspecified atom stereocenters. The average Bonchev–Trinajstić information content (AvgIpc) is 2.44. The van der Waals surface area contributed by atoms with Crippen molar-refractivity contribution in [3.05, 3.63) is 28.2 Å². The number of piperidine rings is 1. The molecule has 1 atom stereocenters. The molecule has 1 aromatic rings. The summed E-state index contributed by atoms with van der Waals surface area (Å²) in [5.41, 5.74) is 5.81. The van der Waals surface area contributed by atoms with E-state index >= 15 is 0 Å². The number of rotatable bonds is 4. The number of anilines is 1. The number of nitrogens with zero attached hydrogens (tertiary/aromatic N) is 1. The summed E-state index contributed by atoms with van der Waals surface area (Å²) in [6.45, 7) is 1.50. The van der Waals surface area contributed by atoms with Gasteiger partial charge in [0.1, 0.15) is 0 Å². The number of amides is 2. The third-order valence-corrected chi connectivity index (χ3v) is 4.32. The van der Waals surface area contributed by atoms with Crippen LogP contribution in [0.4, 0.5) is 5.69 Å². The van der Waals surface area contributed by atoms with Gasteiger partial charge in [0.15, 0.2) is 0 Å². The lowest BCUT2D eigenvalue weighted by molar-refractivity contribution is -0.125. The zero-order valence-corrected chi connectivity index (χ0v) is 13.0. The third kappa shape index (κ3) is 4.33. The Morgan fingerprint density at radius 2 is 2.14 bits per heavy atom. The van der Waals surface area contributed by atoms with Crippen LogP contribution in [0.1, 0.15) is 12.8 Å². The first-order chi connectivity index (χ1) is 9.97. The fourth-order valence-corrected chi connectivity index (χ4v) is 2.77. The van der Waals surface area contributed by atoms with Crippen molar-refractivity contribution in [3.8, 4) is 0 Å². The molecule has 1 aromatic carbocycles. The zero-order valence-electron chi connectivity index (χ0n) is 11.4. The van der Waals surface area contributed by atoms with Gasteiger partial charge >= 0.3 is 0 Å². The van der Waals surface area contributed by atoms with Crippen molar-refractivity contribution in [3.63, 3.8) is 0 Å². The van der Waals surface area contributed by atoms with Gasteiger partial charge in [-0.1, -0.05) is 29.3 Å². The van der Waals surface area contributed by atoms with Crippen LogP contribution in [0.2, 0.25) is 10.0 Å². The van der Waals surface area contributed by atoms with Crippen LogP contribution in [0.15, 0.2) is 18.2 Å². The number of primary amides is 1. The number of carbonyl (C=O) groups is 2. The molecule has 2 amide bonds. The molecular weight excluding hydrogens is 313 g/mol. The summed E-state index contributed by atoms with van der Waals surface area (Å²) in [7, 11) is 0. The molecule has 0 aromatic heterocycles. The van der Waals surface area contributed by atoms with E-state index in [-0.39, 0.29) is 24.3 Å². The van der Waals surface area contributed by atoms with Gasteiger partial charge in [-0.25, -0.2) is 0 Å². The van der Waals surface area contributed by atoms with Crippen molar-refractivity contribution >= 4 is 40.7 Å². The highest BCUT2D eigenvalue weighted by Crippen LogP contribution is 2.29. The molecule has 3 N–H and O–H groups in total. The molecule has 0 aliphatic carbocycles. The van der Waals surface area contributed by atoms with E-state index in [0.717, 1.165) is 19.4 Å².